The molecule has 0 aromatic heterocycles. The van der Waals surface area contributed by atoms with Crippen LogP contribution in [0.5, 0.6) is 0 Å². The minimum atomic E-state index is -0.571. The van der Waals surface area contributed by atoms with Crippen molar-refractivity contribution in [3.63, 3.8) is 0 Å². The summed E-state index contributed by atoms with van der Waals surface area (Å²) in [5.41, 5.74) is 1.14. The Labute approximate surface area is 150 Å². The van der Waals surface area contributed by atoms with E-state index in [2.05, 4.69) is 49.0 Å². The van der Waals surface area contributed by atoms with Gasteiger partial charge >= 0.3 is 6.09 Å². The molecule has 0 spiro atoms. The van der Waals surface area contributed by atoms with Crippen LogP contribution in [0.2, 0.25) is 0 Å². The Morgan fingerprint density at radius 1 is 1.22 bits per heavy atom. The average Bonchev–Trinajstić information content (AvgIpc) is 2.52. The summed E-state index contributed by atoms with van der Waals surface area (Å²) in [6.07, 6.45) is -0.571. The zero-order valence-corrected chi connectivity index (χ0v) is 15.1. The molecule has 3 nitrogen and oxygen atoms in total. The molecule has 6 heteroatoms. The summed E-state index contributed by atoms with van der Waals surface area (Å²) >= 11 is 6.44. The second-order valence-electron chi connectivity index (χ2n) is 4.46. The number of rotatable bonds is 3. The number of alkyl carbamates (subject to hydrolysis) is 1. The highest BCUT2D eigenvalue weighted by Crippen LogP contribution is 2.24. The lowest BCUT2D eigenvalue weighted by Gasteiger charge is -2.04. The Bertz CT molecular complexity index is 731. The number of amides is 1. The number of nitrogens with one attached hydrogen (secondary N) is 1. The fraction of sp³-hybridized carbons (Fsp3) is 0.118. The van der Waals surface area contributed by atoms with Gasteiger partial charge in [-0.15, -0.1) is 0 Å². The van der Waals surface area contributed by atoms with E-state index in [4.69, 9.17) is 4.74 Å². The van der Waals surface area contributed by atoms with Crippen LogP contribution in [0.1, 0.15) is 11.1 Å². The second kappa shape index (κ2) is 8.70. The van der Waals surface area contributed by atoms with Crippen LogP contribution < -0.4 is 5.32 Å². The van der Waals surface area contributed by atoms with Crippen LogP contribution in [-0.2, 0) is 11.3 Å². The van der Waals surface area contributed by atoms with E-state index in [1.165, 1.54) is 6.07 Å². The number of hydrogen-bond acceptors (Lipinski definition) is 2. The van der Waals surface area contributed by atoms with Crippen molar-refractivity contribution in [1.29, 1.82) is 0 Å². The van der Waals surface area contributed by atoms with E-state index in [0.717, 1.165) is 5.56 Å². The SMILES string of the molecule is O=C(NCC#Cc1c(F)cc(Br)cc1Br)OCc1ccccc1. The average molecular weight is 441 g/mol. The quantitative estimate of drug-likeness (QED) is 0.706. The van der Waals surface area contributed by atoms with Crippen molar-refractivity contribution in [2.45, 2.75) is 6.61 Å². The highest BCUT2D eigenvalue weighted by atomic mass is 79.9. The third kappa shape index (κ3) is 5.70. The van der Waals surface area contributed by atoms with Crippen LogP contribution in [0.25, 0.3) is 0 Å². The molecule has 118 valence electrons. The van der Waals surface area contributed by atoms with Gasteiger partial charge in [0.25, 0.3) is 0 Å². The summed E-state index contributed by atoms with van der Waals surface area (Å²) in [7, 11) is 0. The highest BCUT2D eigenvalue weighted by Gasteiger charge is 2.06. The largest absolute Gasteiger partial charge is 0.445 e. The Morgan fingerprint density at radius 2 is 1.96 bits per heavy atom. The van der Waals surface area contributed by atoms with Gasteiger partial charge in [0.1, 0.15) is 12.4 Å². The molecule has 0 atom stereocenters. The van der Waals surface area contributed by atoms with Crippen molar-refractivity contribution in [3.05, 3.63) is 68.4 Å². The first-order valence-electron chi connectivity index (χ1n) is 6.64. The zero-order chi connectivity index (χ0) is 16.7. The first kappa shape index (κ1) is 17.5. The first-order chi connectivity index (χ1) is 11.1. The molecule has 1 amide bonds. The maximum absolute atomic E-state index is 13.7. The fourth-order valence-electron chi connectivity index (χ4n) is 1.68. The standard InChI is InChI=1S/C17H12Br2FNO2/c18-13-9-15(19)14(16(20)10-13)7-4-8-21-17(22)23-11-12-5-2-1-3-6-12/h1-3,5-6,9-10H,8,11H2,(H,21,22). The maximum Gasteiger partial charge on any atom is 0.408 e. The van der Waals surface area contributed by atoms with Crippen LogP contribution in [0.4, 0.5) is 9.18 Å². The number of halogens is 3. The lowest BCUT2D eigenvalue weighted by atomic mass is 10.2. The van der Waals surface area contributed by atoms with Gasteiger partial charge in [0.05, 0.1) is 12.1 Å². The van der Waals surface area contributed by atoms with E-state index in [0.29, 0.717) is 8.95 Å². The summed E-state index contributed by atoms with van der Waals surface area (Å²) in [4.78, 5) is 11.5. The molecule has 1 N–H and O–H groups in total. The molecule has 2 rings (SSSR count). The molecule has 0 bridgehead atoms. The Balaban J connectivity index is 1.83. The molecule has 0 saturated carbocycles. The summed E-state index contributed by atoms with van der Waals surface area (Å²) in [5.74, 6) is 4.92. The van der Waals surface area contributed by atoms with Gasteiger partial charge in [0.15, 0.2) is 0 Å². The topological polar surface area (TPSA) is 38.3 Å². The van der Waals surface area contributed by atoms with Crippen LogP contribution in [0, 0.1) is 17.7 Å². The summed E-state index contributed by atoms with van der Waals surface area (Å²) < 4.78 is 19.9. The van der Waals surface area contributed by atoms with Crippen LogP contribution in [0.15, 0.2) is 51.4 Å². The van der Waals surface area contributed by atoms with Gasteiger partial charge in [0, 0.05) is 8.95 Å². The molecular weight excluding hydrogens is 429 g/mol. The van der Waals surface area contributed by atoms with Crippen molar-refractivity contribution < 1.29 is 13.9 Å². The van der Waals surface area contributed by atoms with Gasteiger partial charge in [-0.2, -0.15) is 0 Å². The minimum absolute atomic E-state index is 0.0650. The van der Waals surface area contributed by atoms with E-state index in [9.17, 15) is 9.18 Å². The molecule has 0 aliphatic heterocycles. The maximum atomic E-state index is 13.7. The summed E-state index contributed by atoms with van der Waals surface area (Å²) in [5, 5.41) is 2.49. The number of ether oxygens (including phenoxy) is 1. The number of carbonyl (C=O) groups excluding carboxylic acids is 1. The van der Waals surface area contributed by atoms with Gasteiger partial charge in [0.2, 0.25) is 0 Å². The molecule has 0 aliphatic rings. The molecule has 0 radical (unpaired) electrons. The van der Waals surface area contributed by atoms with E-state index in [1.807, 2.05) is 30.3 Å². The lowest BCUT2D eigenvalue weighted by molar-refractivity contribution is 0.141. The van der Waals surface area contributed by atoms with E-state index < -0.39 is 11.9 Å². The highest BCUT2D eigenvalue weighted by molar-refractivity contribution is 9.11. The summed E-state index contributed by atoms with van der Waals surface area (Å²) in [6, 6.07) is 12.4. The van der Waals surface area contributed by atoms with Crippen LogP contribution in [-0.4, -0.2) is 12.6 Å². The van der Waals surface area contributed by atoms with Crippen molar-refractivity contribution >= 4 is 38.0 Å². The third-order valence-electron chi connectivity index (χ3n) is 2.75. The van der Waals surface area contributed by atoms with Crippen molar-refractivity contribution in [3.8, 4) is 11.8 Å². The third-order valence-corrected chi connectivity index (χ3v) is 3.84. The van der Waals surface area contributed by atoms with Crippen LogP contribution in [0.3, 0.4) is 0 Å². The molecule has 2 aromatic rings. The smallest absolute Gasteiger partial charge is 0.408 e. The molecule has 0 fully saturated rings. The number of benzene rings is 2. The lowest BCUT2D eigenvalue weighted by Crippen LogP contribution is -2.24. The molecular formula is C17H12Br2FNO2. The zero-order valence-electron chi connectivity index (χ0n) is 11.9. The predicted octanol–water partition coefficient (Wildman–Crippen LogP) is 4.63. The number of hydrogen-bond donors (Lipinski definition) is 1. The first-order valence-corrected chi connectivity index (χ1v) is 8.23. The van der Waals surface area contributed by atoms with E-state index in [1.54, 1.807) is 6.07 Å². The molecule has 2 aromatic carbocycles. The Kier molecular flexibility index (Phi) is 6.63. The Morgan fingerprint density at radius 3 is 2.65 bits per heavy atom. The van der Waals surface area contributed by atoms with Gasteiger partial charge in [-0.3, -0.25) is 0 Å². The molecule has 0 aliphatic carbocycles. The van der Waals surface area contributed by atoms with Gasteiger partial charge in [-0.05, 0) is 33.6 Å². The van der Waals surface area contributed by atoms with E-state index in [-0.39, 0.29) is 18.7 Å². The van der Waals surface area contributed by atoms with Gasteiger partial charge < -0.3 is 10.1 Å². The molecule has 0 saturated heterocycles. The molecule has 0 unspecified atom stereocenters. The molecule has 0 heterocycles. The monoisotopic (exact) mass is 439 g/mol. The van der Waals surface area contributed by atoms with Crippen LogP contribution >= 0.6 is 31.9 Å². The molecule has 23 heavy (non-hydrogen) atoms. The second-order valence-corrected chi connectivity index (χ2v) is 6.23. The van der Waals surface area contributed by atoms with E-state index >= 15 is 0 Å². The Hall–Kier alpha value is -1.84. The van der Waals surface area contributed by atoms with Crippen molar-refractivity contribution in [2.24, 2.45) is 0 Å². The van der Waals surface area contributed by atoms with Crippen molar-refractivity contribution in [1.82, 2.24) is 5.32 Å². The predicted molar refractivity (Wildman–Crippen MR) is 93.3 cm³/mol. The summed E-state index contributed by atoms with van der Waals surface area (Å²) in [6.45, 7) is 0.253. The normalized spacial score (nSPS) is 9.70. The fourth-order valence-corrected chi connectivity index (χ4v) is 2.96. The number of carbonyl (C=O) groups is 1. The van der Waals surface area contributed by atoms with Gasteiger partial charge in [-0.1, -0.05) is 58.1 Å². The minimum Gasteiger partial charge on any atom is -0.445 e. The van der Waals surface area contributed by atoms with Crippen molar-refractivity contribution in [2.75, 3.05) is 6.54 Å². The van der Waals surface area contributed by atoms with Gasteiger partial charge in [-0.25, -0.2) is 9.18 Å².